The summed E-state index contributed by atoms with van der Waals surface area (Å²) < 4.78 is 0. The summed E-state index contributed by atoms with van der Waals surface area (Å²) in [4.78, 5) is 37.4. The van der Waals surface area contributed by atoms with Gasteiger partial charge in [0.05, 0.1) is 0 Å². The van der Waals surface area contributed by atoms with Gasteiger partial charge in [0.15, 0.2) is 0 Å². The average Bonchev–Trinajstić information content (AvgIpc) is 2.74. The summed E-state index contributed by atoms with van der Waals surface area (Å²) in [5.41, 5.74) is 7.65. The zero-order valence-electron chi connectivity index (χ0n) is 17.4. The lowest BCUT2D eigenvalue weighted by Gasteiger charge is -2.32. The van der Waals surface area contributed by atoms with Gasteiger partial charge in [0.1, 0.15) is 6.04 Å². The van der Waals surface area contributed by atoms with E-state index in [2.05, 4.69) is 22.8 Å². The summed E-state index contributed by atoms with van der Waals surface area (Å²) in [5.74, 6) is 0.263. The summed E-state index contributed by atoms with van der Waals surface area (Å²) in [6, 6.07) is 7.83. The summed E-state index contributed by atoms with van der Waals surface area (Å²) in [5, 5.41) is 5.57. The molecule has 8 heteroatoms. The molecule has 2 aliphatic heterocycles. The number of benzene rings is 1. The number of rotatable bonds is 8. The predicted octanol–water partition coefficient (Wildman–Crippen LogP) is 2.55. The molecule has 1 unspecified atom stereocenters. The molecule has 0 spiro atoms. The van der Waals surface area contributed by atoms with E-state index in [0.29, 0.717) is 31.7 Å². The number of nitrogens with zero attached hydrogens (tertiary/aromatic N) is 1. The van der Waals surface area contributed by atoms with Crippen LogP contribution in [0.2, 0.25) is 0 Å². The summed E-state index contributed by atoms with van der Waals surface area (Å²) in [7, 11) is 0. The fraction of sp³-hybridized carbons (Fsp3) is 0.591. The molecule has 1 aromatic carbocycles. The van der Waals surface area contributed by atoms with E-state index in [-0.39, 0.29) is 36.2 Å². The van der Waals surface area contributed by atoms with Crippen LogP contribution >= 0.6 is 12.4 Å². The third-order valence-corrected chi connectivity index (χ3v) is 5.90. The molecule has 2 fully saturated rings. The predicted molar refractivity (Wildman–Crippen MR) is 120 cm³/mol. The quantitative estimate of drug-likeness (QED) is 0.429. The third-order valence-electron chi connectivity index (χ3n) is 5.90. The average molecular weight is 437 g/mol. The molecule has 2 saturated heterocycles. The zero-order chi connectivity index (χ0) is 20.6. The molecule has 0 bridgehead atoms. The van der Waals surface area contributed by atoms with Gasteiger partial charge in [-0.3, -0.25) is 19.7 Å². The Morgan fingerprint density at radius 2 is 1.77 bits per heavy atom. The van der Waals surface area contributed by atoms with Crippen LogP contribution < -0.4 is 16.4 Å². The molecule has 7 nitrogen and oxygen atoms in total. The Hall–Kier alpha value is -2.12. The van der Waals surface area contributed by atoms with Gasteiger partial charge in [-0.15, -0.1) is 12.4 Å². The maximum atomic E-state index is 12.3. The minimum atomic E-state index is -0.363. The Morgan fingerprint density at radius 1 is 1.07 bits per heavy atom. The van der Waals surface area contributed by atoms with E-state index in [9.17, 15) is 14.4 Å². The highest BCUT2D eigenvalue weighted by atomic mass is 35.5. The van der Waals surface area contributed by atoms with Crippen LogP contribution in [0, 0.1) is 0 Å². The highest BCUT2D eigenvalue weighted by molar-refractivity contribution is 6.01. The van der Waals surface area contributed by atoms with E-state index < -0.39 is 0 Å². The van der Waals surface area contributed by atoms with Crippen LogP contribution in [0.1, 0.15) is 62.8 Å². The van der Waals surface area contributed by atoms with Gasteiger partial charge in [-0.25, -0.2) is 0 Å². The van der Waals surface area contributed by atoms with Gasteiger partial charge in [-0.05, 0) is 62.3 Å². The normalized spacial score (nSPS) is 19.8. The van der Waals surface area contributed by atoms with E-state index in [1.165, 1.54) is 5.56 Å². The second-order valence-corrected chi connectivity index (χ2v) is 8.02. The first-order valence-electron chi connectivity index (χ1n) is 10.7. The van der Waals surface area contributed by atoms with Crippen molar-refractivity contribution < 1.29 is 14.4 Å². The van der Waals surface area contributed by atoms with Crippen molar-refractivity contribution >= 4 is 35.8 Å². The van der Waals surface area contributed by atoms with Crippen molar-refractivity contribution in [2.24, 2.45) is 5.73 Å². The third kappa shape index (κ3) is 6.71. The molecular formula is C22H33ClN4O3. The molecule has 0 radical (unpaired) electrons. The minimum absolute atomic E-state index is 0. The van der Waals surface area contributed by atoms with Crippen LogP contribution in [0.3, 0.4) is 0 Å². The van der Waals surface area contributed by atoms with Crippen LogP contribution in [-0.2, 0) is 14.4 Å². The topological polar surface area (TPSA) is 105 Å². The molecule has 0 aliphatic carbocycles. The van der Waals surface area contributed by atoms with Gasteiger partial charge in [0.2, 0.25) is 17.7 Å². The molecule has 166 valence electrons. The molecule has 2 aliphatic rings. The first kappa shape index (κ1) is 24.2. The van der Waals surface area contributed by atoms with Crippen molar-refractivity contribution in [3.05, 3.63) is 29.8 Å². The molecule has 1 atom stereocenters. The Kier molecular flexibility index (Phi) is 9.59. The molecule has 3 amide bonds. The minimum Gasteiger partial charge on any atom is -0.374 e. The number of anilines is 1. The van der Waals surface area contributed by atoms with Crippen molar-refractivity contribution in [2.45, 2.75) is 63.3 Å². The molecule has 1 aromatic rings. The van der Waals surface area contributed by atoms with Crippen molar-refractivity contribution in [3.63, 3.8) is 0 Å². The maximum absolute atomic E-state index is 12.3. The molecule has 2 heterocycles. The van der Waals surface area contributed by atoms with Crippen LogP contribution in [0.25, 0.3) is 0 Å². The summed E-state index contributed by atoms with van der Waals surface area (Å²) in [6.07, 6.45) is 6.42. The van der Waals surface area contributed by atoms with Gasteiger partial charge in [-0.2, -0.15) is 0 Å². The maximum Gasteiger partial charge on any atom is 0.249 e. The lowest BCUT2D eigenvalue weighted by molar-refractivity contribution is -0.134. The number of amides is 3. The van der Waals surface area contributed by atoms with Crippen molar-refractivity contribution in [1.29, 1.82) is 0 Å². The van der Waals surface area contributed by atoms with Crippen molar-refractivity contribution in [3.8, 4) is 0 Å². The number of piperidine rings is 2. The van der Waals surface area contributed by atoms with Crippen LogP contribution in [0.15, 0.2) is 24.3 Å². The molecule has 30 heavy (non-hydrogen) atoms. The first-order chi connectivity index (χ1) is 14.1. The smallest absolute Gasteiger partial charge is 0.249 e. The highest BCUT2D eigenvalue weighted by Crippen LogP contribution is 2.29. The molecule has 3 rings (SSSR count). The van der Waals surface area contributed by atoms with Gasteiger partial charge in [-0.1, -0.05) is 18.6 Å². The number of nitrogens with two attached hydrogens (primary N) is 1. The molecule has 0 saturated carbocycles. The fourth-order valence-electron chi connectivity index (χ4n) is 4.10. The Bertz CT molecular complexity index is 718. The number of nitrogens with one attached hydrogen (secondary N) is 2. The molecular weight excluding hydrogens is 404 g/mol. The number of imide groups is 1. The summed E-state index contributed by atoms with van der Waals surface area (Å²) >= 11 is 0. The number of hydrogen-bond donors (Lipinski definition) is 3. The first-order valence-corrected chi connectivity index (χ1v) is 10.7. The molecule has 0 aromatic heterocycles. The second-order valence-electron chi connectivity index (χ2n) is 8.02. The van der Waals surface area contributed by atoms with E-state index in [4.69, 9.17) is 5.73 Å². The highest BCUT2D eigenvalue weighted by Gasteiger charge is 2.27. The monoisotopic (exact) mass is 436 g/mol. The lowest BCUT2D eigenvalue weighted by atomic mass is 9.89. The van der Waals surface area contributed by atoms with Crippen LogP contribution in [-0.4, -0.2) is 48.3 Å². The van der Waals surface area contributed by atoms with Crippen molar-refractivity contribution in [1.82, 2.24) is 10.2 Å². The number of carbonyl (C=O) groups is 3. The largest absolute Gasteiger partial charge is 0.374 e. The van der Waals surface area contributed by atoms with Crippen LogP contribution in [0.5, 0.6) is 0 Å². The van der Waals surface area contributed by atoms with Gasteiger partial charge in [0, 0.05) is 31.6 Å². The standard InChI is InChI=1S/C22H32N4O3.ClH/c23-13-3-1-2-4-21(28)26-14-11-17(12-15-26)16-5-7-18(8-6-16)24-19-9-10-20(27)25-22(19)29;/h5-8,17,19,24H,1-4,9-15,23H2,(H,25,27,29);1H. The Labute approximate surface area is 184 Å². The van der Waals surface area contributed by atoms with Gasteiger partial charge < -0.3 is 16.0 Å². The van der Waals surface area contributed by atoms with Gasteiger partial charge >= 0.3 is 0 Å². The lowest BCUT2D eigenvalue weighted by Crippen LogP contribution is -2.47. The summed E-state index contributed by atoms with van der Waals surface area (Å²) in [6.45, 7) is 2.33. The number of halogens is 1. The number of hydrogen-bond acceptors (Lipinski definition) is 5. The van der Waals surface area contributed by atoms with E-state index >= 15 is 0 Å². The van der Waals surface area contributed by atoms with Crippen molar-refractivity contribution in [2.75, 3.05) is 25.0 Å². The fourth-order valence-corrected chi connectivity index (χ4v) is 4.10. The Morgan fingerprint density at radius 3 is 2.40 bits per heavy atom. The second kappa shape index (κ2) is 11.9. The number of carbonyl (C=O) groups excluding carboxylic acids is 3. The molecule has 4 N–H and O–H groups in total. The zero-order valence-corrected chi connectivity index (χ0v) is 18.2. The number of unbranched alkanes of at least 4 members (excludes halogenated alkanes) is 2. The van der Waals surface area contributed by atoms with E-state index in [1.807, 2.05) is 17.0 Å². The number of likely N-dealkylation sites (tertiary alicyclic amines) is 1. The van der Waals surface area contributed by atoms with E-state index in [1.54, 1.807) is 0 Å². The van der Waals surface area contributed by atoms with Gasteiger partial charge in [0.25, 0.3) is 0 Å². The SMILES string of the molecule is Cl.NCCCCCC(=O)N1CCC(c2ccc(NC3CCC(=O)NC3=O)cc2)CC1. The van der Waals surface area contributed by atoms with Crippen LogP contribution in [0.4, 0.5) is 5.69 Å². The van der Waals surface area contributed by atoms with E-state index in [0.717, 1.165) is 50.9 Å². The Balaban J connectivity index is 0.00000320.